The van der Waals surface area contributed by atoms with E-state index in [1.54, 1.807) is 12.0 Å². The average Bonchev–Trinajstić information content (AvgIpc) is 2.98. The van der Waals surface area contributed by atoms with Gasteiger partial charge in [0.05, 0.1) is 13.2 Å². The fourth-order valence-corrected chi connectivity index (χ4v) is 2.21. The summed E-state index contributed by atoms with van der Waals surface area (Å²) in [5.74, 6) is 1.24. The third-order valence-electron chi connectivity index (χ3n) is 3.35. The minimum atomic E-state index is -0.684. The molecule has 2 N–H and O–H groups in total. The van der Waals surface area contributed by atoms with Crippen molar-refractivity contribution in [2.45, 2.75) is 12.6 Å². The maximum absolute atomic E-state index is 12.4. The zero-order chi connectivity index (χ0) is 15.9. The van der Waals surface area contributed by atoms with Gasteiger partial charge >= 0.3 is 0 Å². The van der Waals surface area contributed by atoms with Gasteiger partial charge in [-0.3, -0.25) is 4.79 Å². The van der Waals surface area contributed by atoms with Crippen LogP contribution in [-0.4, -0.2) is 57.6 Å². The lowest BCUT2D eigenvalue weighted by Gasteiger charge is -2.25. The number of hydrogen-bond donors (Lipinski definition) is 1. The van der Waals surface area contributed by atoms with Gasteiger partial charge in [0.25, 0.3) is 0 Å². The van der Waals surface area contributed by atoms with Crippen molar-refractivity contribution in [2.75, 3.05) is 40.8 Å². The van der Waals surface area contributed by atoms with Crippen LogP contribution in [-0.2, 0) is 20.8 Å². The molecule has 0 aliphatic carbocycles. The highest BCUT2D eigenvalue weighted by molar-refractivity contribution is 5.81. The van der Waals surface area contributed by atoms with Crippen LogP contribution in [0.1, 0.15) is 5.56 Å². The van der Waals surface area contributed by atoms with Crippen LogP contribution in [0.3, 0.4) is 0 Å². The van der Waals surface area contributed by atoms with Gasteiger partial charge in [-0.15, -0.1) is 0 Å². The number of carbonyl (C=O) groups is 1. The quantitative estimate of drug-likeness (QED) is 0.746. The summed E-state index contributed by atoms with van der Waals surface area (Å²) in [4.78, 5) is 14.0. The minimum Gasteiger partial charge on any atom is -0.454 e. The normalized spacial score (nSPS) is 14.0. The van der Waals surface area contributed by atoms with Gasteiger partial charge in [0.15, 0.2) is 11.5 Å². The number of hydrogen-bond acceptors (Lipinski definition) is 6. The Bertz CT molecular complexity index is 509. The monoisotopic (exact) mass is 310 g/mol. The molecule has 122 valence electrons. The van der Waals surface area contributed by atoms with Crippen LogP contribution in [0, 0.1) is 0 Å². The van der Waals surface area contributed by atoms with Crippen molar-refractivity contribution < 1.29 is 23.7 Å². The summed E-state index contributed by atoms with van der Waals surface area (Å²) >= 11 is 0. The molecule has 1 heterocycles. The van der Waals surface area contributed by atoms with Crippen LogP contribution in [0.5, 0.6) is 11.5 Å². The van der Waals surface area contributed by atoms with E-state index in [0.717, 1.165) is 11.3 Å². The van der Waals surface area contributed by atoms with Crippen molar-refractivity contribution >= 4 is 5.91 Å². The predicted molar refractivity (Wildman–Crippen MR) is 79.7 cm³/mol. The van der Waals surface area contributed by atoms with Gasteiger partial charge in [0.1, 0.15) is 6.04 Å². The molecule has 1 atom stereocenters. The SMILES string of the molecule is COCCN(Cc1ccc2c(c1)OCO2)C(=O)C(N)COC. The molecule has 0 radical (unpaired) electrons. The summed E-state index contributed by atoms with van der Waals surface area (Å²) in [6.07, 6.45) is 0. The lowest BCUT2D eigenvalue weighted by atomic mass is 10.1. The Kier molecular flexibility index (Phi) is 6.00. The Morgan fingerprint density at radius 1 is 1.32 bits per heavy atom. The van der Waals surface area contributed by atoms with Gasteiger partial charge in [-0.1, -0.05) is 6.07 Å². The Labute approximate surface area is 129 Å². The van der Waals surface area contributed by atoms with Crippen molar-refractivity contribution in [3.8, 4) is 11.5 Å². The van der Waals surface area contributed by atoms with Crippen molar-refractivity contribution in [3.05, 3.63) is 23.8 Å². The smallest absolute Gasteiger partial charge is 0.242 e. The average molecular weight is 310 g/mol. The predicted octanol–water partition coefficient (Wildman–Crippen LogP) is 0.364. The molecule has 0 aromatic heterocycles. The summed E-state index contributed by atoms with van der Waals surface area (Å²) in [6.45, 7) is 1.74. The summed E-state index contributed by atoms with van der Waals surface area (Å²) in [6, 6.07) is 4.93. The van der Waals surface area contributed by atoms with E-state index in [4.69, 9.17) is 24.7 Å². The summed E-state index contributed by atoms with van der Waals surface area (Å²) < 4.78 is 20.6. The number of fused-ring (bicyclic) bond motifs is 1. The molecule has 1 amide bonds. The van der Waals surface area contributed by atoms with Gasteiger partial charge in [-0.25, -0.2) is 0 Å². The standard InChI is InChI=1S/C15H22N2O5/c1-19-6-5-17(15(18)12(16)9-20-2)8-11-3-4-13-14(7-11)22-10-21-13/h3-4,7,12H,5-6,8-10,16H2,1-2H3. The number of ether oxygens (including phenoxy) is 4. The molecule has 1 aromatic rings. The maximum atomic E-state index is 12.4. The van der Waals surface area contributed by atoms with E-state index in [-0.39, 0.29) is 19.3 Å². The number of carbonyl (C=O) groups excluding carboxylic acids is 1. The minimum absolute atomic E-state index is 0.170. The van der Waals surface area contributed by atoms with E-state index in [2.05, 4.69) is 0 Å². The Morgan fingerprint density at radius 3 is 2.82 bits per heavy atom. The van der Waals surface area contributed by atoms with E-state index >= 15 is 0 Å². The zero-order valence-corrected chi connectivity index (χ0v) is 12.9. The van der Waals surface area contributed by atoms with Crippen molar-refractivity contribution in [2.24, 2.45) is 5.73 Å². The highest BCUT2D eigenvalue weighted by Gasteiger charge is 2.22. The van der Waals surface area contributed by atoms with Crippen LogP contribution >= 0.6 is 0 Å². The van der Waals surface area contributed by atoms with Gasteiger partial charge in [0.2, 0.25) is 12.7 Å². The Balaban J connectivity index is 2.07. The highest BCUT2D eigenvalue weighted by atomic mass is 16.7. The first-order chi connectivity index (χ1) is 10.7. The number of methoxy groups -OCH3 is 2. The molecule has 7 nitrogen and oxygen atoms in total. The number of amides is 1. The zero-order valence-electron chi connectivity index (χ0n) is 12.9. The molecule has 1 aromatic carbocycles. The number of benzene rings is 1. The highest BCUT2D eigenvalue weighted by Crippen LogP contribution is 2.32. The van der Waals surface area contributed by atoms with Crippen molar-refractivity contribution in [1.29, 1.82) is 0 Å². The molecular formula is C15H22N2O5. The first-order valence-electron chi connectivity index (χ1n) is 7.06. The summed E-state index contributed by atoms with van der Waals surface area (Å²) in [7, 11) is 3.11. The molecule has 1 aliphatic heterocycles. The van der Waals surface area contributed by atoms with Gasteiger partial charge in [-0.2, -0.15) is 0 Å². The number of nitrogens with two attached hydrogens (primary N) is 1. The maximum Gasteiger partial charge on any atom is 0.242 e. The second-order valence-electron chi connectivity index (χ2n) is 5.00. The van der Waals surface area contributed by atoms with Gasteiger partial charge < -0.3 is 29.6 Å². The van der Waals surface area contributed by atoms with Gasteiger partial charge in [-0.05, 0) is 17.7 Å². The fraction of sp³-hybridized carbons (Fsp3) is 0.533. The number of rotatable bonds is 8. The van der Waals surface area contributed by atoms with Crippen LogP contribution < -0.4 is 15.2 Å². The van der Waals surface area contributed by atoms with Crippen LogP contribution in [0.2, 0.25) is 0 Å². The van der Waals surface area contributed by atoms with Crippen LogP contribution in [0.15, 0.2) is 18.2 Å². The Hall–Kier alpha value is -1.83. The summed E-state index contributed by atoms with van der Waals surface area (Å²) in [5, 5.41) is 0. The molecule has 1 aliphatic rings. The molecule has 7 heteroatoms. The van der Waals surface area contributed by atoms with E-state index < -0.39 is 6.04 Å². The molecule has 0 fully saturated rings. The molecule has 0 saturated heterocycles. The third-order valence-corrected chi connectivity index (χ3v) is 3.35. The Morgan fingerprint density at radius 2 is 2.09 bits per heavy atom. The van der Waals surface area contributed by atoms with E-state index in [0.29, 0.717) is 25.4 Å². The first kappa shape index (κ1) is 16.5. The molecule has 0 saturated carbocycles. The summed E-state index contributed by atoms with van der Waals surface area (Å²) in [5.41, 5.74) is 6.79. The molecule has 0 bridgehead atoms. The lowest BCUT2D eigenvalue weighted by Crippen LogP contribution is -2.46. The van der Waals surface area contributed by atoms with E-state index in [1.807, 2.05) is 18.2 Å². The fourth-order valence-electron chi connectivity index (χ4n) is 2.21. The van der Waals surface area contributed by atoms with Crippen LogP contribution in [0.25, 0.3) is 0 Å². The van der Waals surface area contributed by atoms with Crippen LogP contribution in [0.4, 0.5) is 0 Å². The van der Waals surface area contributed by atoms with Crippen molar-refractivity contribution in [3.63, 3.8) is 0 Å². The van der Waals surface area contributed by atoms with Crippen molar-refractivity contribution in [1.82, 2.24) is 4.90 Å². The van der Waals surface area contributed by atoms with E-state index in [9.17, 15) is 4.79 Å². The molecule has 2 rings (SSSR count). The second kappa shape index (κ2) is 7.98. The molecular weight excluding hydrogens is 288 g/mol. The third kappa shape index (κ3) is 4.09. The van der Waals surface area contributed by atoms with E-state index in [1.165, 1.54) is 7.11 Å². The lowest BCUT2D eigenvalue weighted by molar-refractivity contribution is -0.135. The number of nitrogens with zero attached hydrogens (tertiary/aromatic N) is 1. The second-order valence-corrected chi connectivity index (χ2v) is 5.00. The molecule has 1 unspecified atom stereocenters. The molecule has 22 heavy (non-hydrogen) atoms. The molecule has 0 spiro atoms. The topological polar surface area (TPSA) is 83.2 Å². The first-order valence-corrected chi connectivity index (χ1v) is 7.06. The van der Waals surface area contributed by atoms with Gasteiger partial charge in [0, 0.05) is 27.3 Å². The largest absolute Gasteiger partial charge is 0.454 e.